The summed E-state index contributed by atoms with van der Waals surface area (Å²) in [5.41, 5.74) is -13.0. The molecule has 462 valence electrons. The lowest BCUT2D eigenvalue weighted by Crippen LogP contribution is -2.60. The second kappa shape index (κ2) is 24.8. The van der Waals surface area contributed by atoms with Crippen LogP contribution in [0.5, 0.6) is 5.75 Å². The lowest BCUT2D eigenvalue weighted by molar-refractivity contribution is 0.380. The van der Waals surface area contributed by atoms with Crippen LogP contribution in [0.15, 0.2) is 48.5 Å². The van der Waals surface area contributed by atoms with E-state index in [0.29, 0.717) is 0 Å². The number of benzene rings is 7. The molecule has 0 fully saturated rings. The smallest absolute Gasteiger partial charge is 0.265 e. The van der Waals surface area contributed by atoms with Gasteiger partial charge in [0, 0.05) is 38.5 Å². The summed E-state index contributed by atoms with van der Waals surface area (Å²) in [6.07, 6.45) is 3.15. The lowest BCUT2D eigenvalue weighted by Gasteiger charge is -2.21. The molecule has 0 aromatic heterocycles. The third-order valence-corrected chi connectivity index (χ3v) is 12.9. The summed E-state index contributed by atoms with van der Waals surface area (Å²) in [6.45, 7) is -1.39. The number of hydrogen-bond acceptors (Lipinski definition) is 2. The summed E-state index contributed by atoms with van der Waals surface area (Å²) in [7, 11) is -1.55. The Kier molecular flexibility index (Phi) is 18.8. The van der Waals surface area contributed by atoms with Crippen LogP contribution in [0.1, 0.15) is 0 Å². The highest BCUT2D eigenvalue weighted by molar-refractivity contribution is 6.96. The average Bonchev–Trinajstić information content (AvgIpc) is 1.05. The molecule has 0 N–H and O–H groups in total. The highest BCUT2D eigenvalue weighted by Gasteiger charge is 2.47. The molecule has 7 aromatic carbocycles. The van der Waals surface area contributed by atoms with E-state index in [-0.39, 0.29) is 0 Å². The van der Waals surface area contributed by atoms with Crippen LogP contribution in [0.2, 0.25) is 19.6 Å². The molecule has 1 aliphatic heterocycles. The van der Waals surface area contributed by atoms with Crippen LogP contribution in [-0.2, 0) is 0 Å². The van der Waals surface area contributed by atoms with Crippen LogP contribution in [0, 0.1) is 181 Å². The van der Waals surface area contributed by atoms with E-state index in [9.17, 15) is 132 Å². The number of fused-ring (bicyclic) bond motifs is 1. The van der Waals surface area contributed by atoms with Crippen molar-refractivity contribution in [2.45, 2.75) is 19.6 Å². The third kappa shape index (κ3) is 11.6. The van der Waals surface area contributed by atoms with E-state index in [2.05, 4.69) is 30.9 Å². The molecule has 0 bridgehead atoms. The van der Waals surface area contributed by atoms with Crippen molar-refractivity contribution in [3.63, 3.8) is 0 Å². The molecule has 2 aliphatic rings. The van der Waals surface area contributed by atoms with Gasteiger partial charge < -0.3 is 9.11 Å². The first-order valence-electron chi connectivity index (χ1n) is 23.1. The zero-order chi connectivity index (χ0) is 66.1. The van der Waals surface area contributed by atoms with Gasteiger partial charge in [0.15, 0.2) is 175 Å². The Morgan fingerprint density at radius 1 is 0.307 bits per heavy atom. The van der Waals surface area contributed by atoms with Gasteiger partial charge in [0.25, 0.3) is 13.4 Å². The number of nitrogens with zero attached hydrogens (tertiary/aromatic N) is 2. The van der Waals surface area contributed by atoms with Gasteiger partial charge in [-0.2, -0.15) is 0 Å². The zero-order valence-corrected chi connectivity index (χ0v) is 43.4. The first-order chi connectivity index (χ1) is 40.8. The van der Waals surface area contributed by atoms with Crippen LogP contribution in [-0.4, -0.2) is 31.5 Å². The summed E-state index contributed by atoms with van der Waals surface area (Å²) in [5.74, 6) is -89.5. The van der Waals surface area contributed by atoms with Crippen molar-refractivity contribution >= 4 is 54.5 Å². The van der Waals surface area contributed by atoms with Crippen LogP contribution >= 0.6 is 0 Å². The molecule has 7 aromatic rings. The van der Waals surface area contributed by atoms with Gasteiger partial charge in [-0.1, -0.05) is 30.0 Å². The predicted molar refractivity (Wildman–Crippen MR) is 250 cm³/mol. The predicted octanol–water partition coefficient (Wildman–Crippen LogP) is 12.6. The van der Waals surface area contributed by atoms with Crippen molar-refractivity contribution in [3.05, 3.63) is 229 Å². The van der Waals surface area contributed by atoms with Crippen molar-refractivity contribution in [1.29, 1.82) is 0 Å². The molecule has 0 spiro atoms. The minimum absolute atomic E-state index is 0.919. The van der Waals surface area contributed by atoms with Gasteiger partial charge in [-0.25, -0.2) is 137 Å². The Bertz CT molecular complexity index is 3560. The Hall–Kier alpha value is -8.72. The first-order valence-corrected chi connectivity index (χ1v) is 26.5. The van der Waals surface area contributed by atoms with E-state index in [1.807, 2.05) is 48.5 Å². The van der Waals surface area contributed by atoms with Crippen molar-refractivity contribution in [1.82, 2.24) is 9.78 Å². The molecule has 0 saturated carbocycles. The first kappa shape index (κ1) is 66.8. The summed E-state index contributed by atoms with van der Waals surface area (Å²) in [4.78, 5) is 0. The molecule has 88 heavy (non-hydrogen) atoms. The number of halogens is 30. The maximum Gasteiger partial charge on any atom is 0.265 e. The van der Waals surface area contributed by atoms with Gasteiger partial charge in [-0.3, -0.25) is 0 Å². The summed E-state index contributed by atoms with van der Waals surface area (Å²) in [5, 5.41) is 4.54. The van der Waals surface area contributed by atoms with Crippen LogP contribution in [0.4, 0.5) is 132 Å². The molecule has 1 heterocycles. The zero-order valence-electron chi connectivity index (χ0n) is 42.4. The van der Waals surface area contributed by atoms with Gasteiger partial charge >= 0.3 is 0 Å². The van der Waals surface area contributed by atoms with Gasteiger partial charge in [-0.15, -0.1) is 12.1 Å². The highest BCUT2D eigenvalue weighted by atomic mass is 28.4. The Morgan fingerprint density at radius 2 is 0.523 bits per heavy atom. The minimum atomic E-state index is -3.96. The van der Waals surface area contributed by atoms with E-state index in [1.54, 1.807) is 4.68 Å². The topological polar surface area (TPSA) is 27.1 Å². The molecule has 0 radical (unpaired) electrons. The summed E-state index contributed by atoms with van der Waals surface area (Å²) < 4.78 is 425. The van der Waals surface area contributed by atoms with Crippen molar-refractivity contribution in [3.8, 4) is 22.7 Å². The van der Waals surface area contributed by atoms with E-state index in [0.717, 1.165) is 22.7 Å². The molecular formula is C52H17B2F30N2OSi-. The molecule has 0 unspecified atom stereocenters. The molecule has 0 saturated heterocycles. The molecular weight excluding hydrogens is 1290 g/mol. The monoisotopic (exact) mass is 1310 g/mol. The molecule has 36 heteroatoms. The third-order valence-electron chi connectivity index (χ3n) is 12.1. The normalized spacial score (nSPS) is 11.5. The van der Waals surface area contributed by atoms with E-state index >= 15 is 0 Å². The Morgan fingerprint density at radius 3 is 0.739 bits per heavy atom. The highest BCUT2D eigenvalue weighted by Crippen LogP contribution is 2.28. The number of aromatic nitrogens is 2. The largest absolute Gasteiger partial charge is 0.544 e. The maximum atomic E-state index is 14.4. The Balaban J connectivity index is 0.000000195. The van der Waals surface area contributed by atoms with Crippen molar-refractivity contribution < 1.29 is 136 Å². The van der Waals surface area contributed by atoms with Crippen LogP contribution in [0.3, 0.4) is 0 Å². The van der Waals surface area contributed by atoms with Crippen molar-refractivity contribution in [2.24, 2.45) is 0 Å². The average molecular weight is 1310 g/mol. The fraction of sp³-hybridized carbons (Fsp3) is 0.0577. The molecule has 0 atom stereocenters. The fourth-order valence-electron chi connectivity index (χ4n) is 8.16. The second-order valence-electron chi connectivity index (χ2n) is 18.5. The Labute approximate surface area is 471 Å². The van der Waals surface area contributed by atoms with E-state index < -0.39 is 229 Å². The SMILES string of the molecule is C[Si](C)(C)Oc1ccc(-n2[c-]cc3cccc-3n2)cc1.Fc1c(F)c(F)c(B(c2c(F)c(F)c(F)c(F)c2F)c2c(F)c(F)c(F)c(F)c2F)c(F)c1F.Fc1c(F)c(F)c(B(c2c(F)c(F)c(F)c(F)c2F)c2c(F)c(F)c(F)c(F)c2F)c(F)c1F. The maximum absolute atomic E-state index is 14.4. The van der Waals surface area contributed by atoms with Crippen LogP contribution in [0.25, 0.3) is 16.9 Å². The molecule has 3 nitrogen and oxygen atoms in total. The van der Waals surface area contributed by atoms with Gasteiger partial charge in [0.1, 0.15) is 5.75 Å². The standard InChI is InChI=1S/2C18BF15.C16H17N2OSi/c2*20-4-1(5(21)11(27)16(32)10(4)26)19(2-6(22)12(28)17(33)13(29)7(2)23)3-8(24)14(30)18(34)15(31)9(3)25;1-20(2,3)19-15-9-7-14(8-10-15)18-12-11-13-5-4-6-16(13)17-18/h;;4-11H,1-3H3/q;;-1. The van der Waals surface area contributed by atoms with Gasteiger partial charge in [0.2, 0.25) is 8.32 Å². The fourth-order valence-corrected chi connectivity index (χ4v) is 9.01. The molecule has 9 rings (SSSR count). The molecule has 1 aliphatic carbocycles. The van der Waals surface area contributed by atoms with Gasteiger partial charge in [0.05, 0.1) is 0 Å². The second-order valence-corrected chi connectivity index (χ2v) is 23.0. The van der Waals surface area contributed by atoms with Crippen molar-refractivity contribution in [2.75, 3.05) is 0 Å². The van der Waals surface area contributed by atoms with Gasteiger partial charge in [-0.05, 0) is 43.5 Å². The summed E-state index contributed by atoms with van der Waals surface area (Å²) in [6, 6.07) is 16.0. The number of hydrogen-bond donors (Lipinski definition) is 0. The number of rotatable bonds is 9. The minimum Gasteiger partial charge on any atom is -0.544 e. The quantitative estimate of drug-likeness (QED) is 0.0473. The van der Waals surface area contributed by atoms with E-state index in [1.165, 1.54) is 0 Å². The lowest BCUT2D eigenvalue weighted by atomic mass is 9.36. The van der Waals surface area contributed by atoms with Crippen LogP contribution < -0.4 is 37.2 Å². The molecule has 0 amide bonds. The summed E-state index contributed by atoms with van der Waals surface area (Å²) >= 11 is 0. The van der Waals surface area contributed by atoms with E-state index in [4.69, 9.17) is 4.43 Å².